The number of likely N-dealkylation sites (tertiary alicyclic amines) is 1. The molecule has 1 atom stereocenters. The molecule has 0 aliphatic carbocycles. The molecule has 1 aromatic rings. The van der Waals surface area contributed by atoms with Crippen LogP contribution in [0.15, 0.2) is 12.4 Å². The first-order valence-corrected chi connectivity index (χ1v) is 7.24. The van der Waals surface area contributed by atoms with Gasteiger partial charge in [-0.15, -0.1) is 0 Å². The van der Waals surface area contributed by atoms with Gasteiger partial charge in [0.2, 0.25) is 0 Å². The first kappa shape index (κ1) is 14.7. The minimum Gasteiger partial charge on any atom is -0.396 e. The highest BCUT2D eigenvalue weighted by Crippen LogP contribution is 2.21. The van der Waals surface area contributed by atoms with Gasteiger partial charge in [-0.3, -0.25) is 9.78 Å². The number of aromatic nitrogens is 2. The molecule has 2 N–H and O–H groups in total. The number of nitrogens with one attached hydrogen (secondary N) is 1. The molecule has 1 unspecified atom stereocenters. The van der Waals surface area contributed by atoms with E-state index in [9.17, 15) is 4.79 Å². The number of hydrogen-bond donors (Lipinski definition) is 2. The predicted molar refractivity (Wildman–Crippen MR) is 76.6 cm³/mol. The lowest BCUT2D eigenvalue weighted by Crippen LogP contribution is -2.44. The molecule has 2 rings (SSSR count). The summed E-state index contributed by atoms with van der Waals surface area (Å²) in [4.78, 5) is 22.8. The van der Waals surface area contributed by atoms with Crippen molar-refractivity contribution in [2.75, 3.05) is 25.0 Å². The molecule has 6 heteroatoms. The summed E-state index contributed by atoms with van der Waals surface area (Å²) in [6.07, 6.45) is 6.82. The Morgan fingerprint density at radius 2 is 2.35 bits per heavy atom. The monoisotopic (exact) mass is 278 g/mol. The second-order valence-electron chi connectivity index (χ2n) is 4.98. The molecular weight excluding hydrogens is 256 g/mol. The van der Waals surface area contributed by atoms with E-state index < -0.39 is 0 Å². The Labute approximate surface area is 119 Å². The summed E-state index contributed by atoms with van der Waals surface area (Å²) >= 11 is 0. The van der Waals surface area contributed by atoms with Gasteiger partial charge in [-0.05, 0) is 32.6 Å². The summed E-state index contributed by atoms with van der Waals surface area (Å²) in [6, 6.07) is 0.117. The van der Waals surface area contributed by atoms with Crippen LogP contribution in [0.4, 0.5) is 5.82 Å². The molecule has 1 aliphatic heterocycles. The zero-order valence-corrected chi connectivity index (χ0v) is 11.9. The van der Waals surface area contributed by atoms with Gasteiger partial charge in [0, 0.05) is 25.7 Å². The molecule has 1 aliphatic rings. The molecule has 110 valence electrons. The number of rotatable bonds is 5. The van der Waals surface area contributed by atoms with E-state index in [0.717, 1.165) is 32.4 Å². The molecule has 0 aromatic carbocycles. The van der Waals surface area contributed by atoms with Crippen LogP contribution in [0.5, 0.6) is 0 Å². The minimum absolute atomic E-state index is 0.0876. The lowest BCUT2D eigenvalue weighted by Gasteiger charge is -2.35. The number of amides is 1. The second kappa shape index (κ2) is 7.19. The maximum atomic E-state index is 12.6. The molecule has 6 nitrogen and oxygen atoms in total. The fourth-order valence-electron chi connectivity index (χ4n) is 2.60. The molecule has 0 spiro atoms. The van der Waals surface area contributed by atoms with E-state index in [1.807, 2.05) is 11.8 Å². The summed E-state index contributed by atoms with van der Waals surface area (Å²) in [5.41, 5.74) is 0.369. The van der Waals surface area contributed by atoms with Crippen LogP contribution in [-0.4, -0.2) is 51.6 Å². The van der Waals surface area contributed by atoms with Crippen molar-refractivity contribution in [2.45, 2.75) is 38.6 Å². The number of piperidine rings is 1. The van der Waals surface area contributed by atoms with Crippen molar-refractivity contribution in [3.63, 3.8) is 0 Å². The third kappa shape index (κ3) is 3.45. The largest absolute Gasteiger partial charge is 0.396 e. The lowest BCUT2D eigenvalue weighted by molar-refractivity contribution is 0.0568. The zero-order valence-electron chi connectivity index (χ0n) is 11.9. The number of aliphatic hydroxyl groups is 1. The average Bonchev–Trinajstić information content (AvgIpc) is 2.48. The van der Waals surface area contributed by atoms with Crippen LogP contribution in [0.2, 0.25) is 0 Å². The summed E-state index contributed by atoms with van der Waals surface area (Å²) in [5, 5.41) is 12.2. The molecule has 0 radical (unpaired) electrons. The van der Waals surface area contributed by atoms with Gasteiger partial charge < -0.3 is 15.3 Å². The normalized spacial score (nSPS) is 18.9. The molecule has 0 saturated carbocycles. The van der Waals surface area contributed by atoms with Crippen LogP contribution in [0.1, 0.15) is 43.1 Å². The fraction of sp³-hybridized carbons (Fsp3) is 0.643. The van der Waals surface area contributed by atoms with Crippen molar-refractivity contribution < 1.29 is 9.90 Å². The third-order valence-electron chi connectivity index (χ3n) is 3.56. The van der Waals surface area contributed by atoms with Gasteiger partial charge in [0.05, 0.1) is 12.4 Å². The van der Waals surface area contributed by atoms with E-state index in [1.165, 1.54) is 6.20 Å². The summed E-state index contributed by atoms with van der Waals surface area (Å²) in [7, 11) is 0. The Balaban J connectivity index is 2.13. The van der Waals surface area contributed by atoms with E-state index in [0.29, 0.717) is 17.9 Å². The Morgan fingerprint density at radius 1 is 1.50 bits per heavy atom. The average molecular weight is 278 g/mol. The zero-order chi connectivity index (χ0) is 14.4. The first-order valence-electron chi connectivity index (χ1n) is 7.24. The van der Waals surface area contributed by atoms with Crippen molar-refractivity contribution >= 4 is 11.7 Å². The molecule has 1 fully saturated rings. The van der Waals surface area contributed by atoms with Crippen molar-refractivity contribution in [1.82, 2.24) is 14.9 Å². The van der Waals surface area contributed by atoms with E-state index >= 15 is 0 Å². The topological polar surface area (TPSA) is 78.4 Å². The quantitative estimate of drug-likeness (QED) is 0.848. The van der Waals surface area contributed by atoms with E-state index in [-0.39, 0.29) is 18.6 Å². The number of carbonyl (C=O) groups excluding carboxylic acids is 1. The van der Waals surface area contributed by atoms with E-state index in [2.05, 4.69) is 15.3 Å². The Hall–Kier alpha value is -1.69. The van der Waals surface area contributed by atoms with Crippen LogP contribution in [0.25, 0.3) is 0 Å². The molecule has 0 bridgehead atoms. The summed E-state index contributed by atoms with van der Waals surface area (Å²) in [5.74, 6) is 0.532. The van der Waals surface area contributed by atoms with Crippen LogP contribution in [0, 0.1) is 0 Å². The second-order valence-corrected chi connectivity index (χ2v) is 4.98. The number of hydrogen-bond acceptors (Lipinski definition) is 5. The predicted octanol–water partition coefficient (Wildman–Crippen LogP) is 1.29. The van der Waals surface area contributed by atoms with Crippen molar-refractivity contribution in [1.29, 1.82) is 0 Å². The van der Waals surface area contributed by atoms with Crippen LogP contribution >= 0.6 is 0 Å². The maximum Gasteiger partial charge on any atom is 0.274 e. The van der Waals surface area contributed by atoms with E-state index in [4.69, 9.17) is 5.11 Å². The molecule has 1 amide bonds. The summed E-state index contributed by atoms with van der Waals surface area (Å²) < 4.78 is 0. The van der Waals surface area contributed by atoms with Crippen molar-refractivity contribution in [3.8, 4) is 0 Å². The van der Waals surface area contributed by atoms with Gasteiger partial charge in [0.15, 0.2) is 0 Å². The Morgan fingerprint density at radius 3 is 3.10 bits per heavy atom. The van der Waals surface area contributed by atoms with E-state index in [1.54, 1.807) is 6.20 Å². The highest BCUT2D eigenvalue weighted by molar-refractivity contribution is 5.92. The Bertz CT molecular complexity index is 451. The molecule has 1 aromatic heterocycles. The van der Waals surface area contributed by atoms with Crippen molar-refractivity contribution in [2.24, 2.45) is 0 Å². The number of anilines is 1. The standard InChI is InChI=1S/C14H22N4O2/c1-2-16-13-10-15-9-12(17-13)14(20)18-7-4-3-5-11(18)6-8-19/h9-11,19H,2-8H2,1H3,(H,16,17). The number of aliphatic hydroxyl groups excluding tert-OH is 1. The highest BCUT2D eigenvalue weighted by atomic mass is 16.3. The number of nitrogens with zero attached hydrogens (tertiary/aromatic N) is 3. The van der Waals surface area contributed by atoms with Gasteiger partial charge >= 0.3 is 0 Å². The SMILES string of the molecule is CCNc1cncc(C(=O)N2CCCCC2CCO)n1. The minimum atomic E-state index is -0.0876. The summed E-state index contributed by atoms with van der Waals surface area (Å²) in [6.45, 7) is 3.55. The van der Waals surface area contributed by atoms with Crippen LogP contribution < -0.4 is 5.32 Å². The van der Waals surface area contributed by atoms with Gasteiger partial charge in [0.1, 0.15) is 11.5 Å². The lowest BCUT2D eigenvalue weighted by atomic mass is 9.99. The first-order chi connectivity index (χ1) is 9.76. The van der Waals surface area contributed by atoms with Gasteiger partial charge in [-0.1, -0.05) is 0 Å². The molecular formula is C14H22N4O2. The van der Waals surface area contributed by atoms with Crippen molar-refractivity contribution in [3.05, 3.63) is 18.1 Å². The third-order valence-corrected chi connectivity index (χ3v) is 3.56. The molecule has 1 saturated heterocycles. The fourth-order valence-corrected chi connectivity index (χ4v) is 2.60. The maximum absolute atomic E-state index is 12.6. The number of carbonyl (C=O) groups is 1. The van der Waals surface area contributed by atoms with Gasteiger partial charge in [0.25, 0.3) is 5.91 Å². The Kier molecular flexibility index (Phi) is 5.29. The highest BCUT2D eigenvalue weighted by Gasteiger charge is 2.28. The van der Waals surface area contributed by atoms with Gasteiger partial charge in [-0.25, -0.2) is 4.98 Å². The van der Waals surface area contributed by atoms with Crippen LogP contribution in [0.3, 0.4) is 0 Å². The molecule has 20 heavy (non-hydrogen) atoms. The van der Waals surface area contributed by atoms with Crippen LogP contribution in [-0.2, 0) is 0 Å². The molecule has 2 heterocycles. The van der Waals surface area contributed by atoms with Gasteiger partial charge in [-0.2, -0.15) is 0 Å². The smallest absolute Gasteiger partial charge is 0.274 e.